The monoisotopic (exact) mass is 515 g/mol. The van der Waals surface area contributed by atoms with Gasteiger partial charge in [0.25, 0.3) is 0 Å². The molecule has 1 aliphatic carbocycles. The predicted octanol–water partition coefficient (Wildman–Crippen LogP) is 6.01. The van der Waals surface area contributed by atoms with E-state index in [1.165, 1.54) is 4.90 Å². The number of carbonyl (C=O) groups excluding carboxylic acids is 2. The lowest BCUT2D eigenvalue weighted by atomic mass is 10.1. The van der Waals surface area contributed by atoms with Crippen LogP contribution in [0.15, 0.2) is 54.3 Å². The van der Waals surface area contributed by atoms with Crippen LogP contribution in [0.5, 0.6) is 17.2 Å². The third kappa shape index (κ3) is 4.63. The summed E-state index contributed by atoms with van der Waals surface area (Å²) in [6.45, 7) is 0. The van der Waals surface area contributed by atoms with Gasteiger partial charge in [-0.15, -0.1) is 0 Å². The third-order valence-corrected chi connectivity index (χ3v) is 6.66. The molecule has 1 amide bonds. The highest BCUT2D eigenvalue weighted by atomic mass is 16.6. The van der Waals surface area contributed by atoms with E-state index in [1.807, 2.05) is 48.5 Å². The van der Waals surface area contributed by atoms with Crippen molar-refractivity contribution in [2.75, 3.05) is 33.3 Å². The Morgan fingerprint density at radius 1 is 1.00 bits per heavy atom. The van der Waals surface area contributed by atoms with Gasteiger partial charge in [-0.3, -0.25) is 9.69 Å². The normalized spacial score (nSPS) is 13.7. The van der Waals surface area contributed by atoms with Crippen LogP contribution in [-0.4, -0.2) is 50.2 Å². The molecule has 9 nitrogen and oxygen atoms in total. The number of aromatic amines is 1. The minimum Gasteiger partial charge on any atom is -0.493 e. The molecule has 9 heteroatoms. The molecule has 4 aromatic rings. The number of aromatic nitrogens is 2. The molecule has 2 aromatic heterocycles. The highest BCUT2D eigenvalue weighted by Crippen LogP contribution is 2.43. The van der Waals surface area contributed by atoms with Crippen LogP contribution in [0, 0.1) is 0 Å². The number of carbonyl (C=O) groups is 2. The molecule has 196 valence electrons. The van der Waals surface area contributed by atoms with Crippen LogP contribution < -0.4 is 19.1 Å². The van der Waals surface area contributed by atoms with E-state index in [2.05, 4.69) is 4.98 Å². The summed E-state index contributed by atoms with van der Waals surface area (Å²) in [6.07, 6.45) is 3.26. The Hall–Kier alpha value is -4.53. The van der Waals surface area contributed by atoms with E-state index >= 15 is 0 Å². The standard InChI is InChI=1S/C29H29N3O6/c1-32(29(34)38-19-10-6-5-9-18(33)15-19)25-16-21-20-11-7-8-12-22(20)30-27(21)26(31-25)17-13-23(35-2)28(37-4)24(14-17)36-3/h7-8,10-14,16,30H,5-6,9,15H2,1-4H3. The van der Waals surface area contributed by atoms with E-state index in [0.29, 0.717) is 52.9 Å². The van der Waals surface area contributed by atoms with E-state index < -0.39 is 6.09 Å². The van der Waals surface area contributed by atoms with Crippen molar-refractivity contribution < 1.29 is 28.5 Å². The molecule has 0 fully saturated rings. The van der Waals surface area contributed by atoms with E-state index in [9.17, 15) is 9.59 Å². The van der Waals surface area contributed by atoms with Crippen molar-refractivity contribution in [3.63, 3.8) is 0 Å². The number of fused-ring (bicyclic) bond motifs is 3. The highest BCUT2D eigenvalue weighted by molar-refractivity contribution is 6.12. The maximum Gasteiger partial charge on any atom is 0.420 e. The first-order valence-electron chi connectivity index (χ1n) is 12.3. The number of nitrogens with zero attached hydrogens (tertiary/aromatic N) is 2. The maximum absolute atomic E-state index is 13.1. The lowest BCUT2D eigenvalue weighted by Gasteiger charge is -2.19. The Balaban J connectivity index is 1.64. The quantitative estimate of drug-likeness (QED) is 0.335. The van der Waals surface area contributed by atoms with Crippen molar-refractivity contribution in [1.82, 2.24) is 9.97 Å². The van der Waals surface area contributed by atoms with Crippen molar-refractivity contribution in [2.24, 2.45) is 0 Å². The highest BCUT2D eigenvalue weighted by Gasteiger charge is 2.23. The molecule has 5 rings (SSSR count). The first kappa shape index (κ1) is 25.1. The number of hydrogen-bond donors (Lipinski definition) is 1. The first-order valence-corrected chi connectivity index (χ1v) is 12.3. The lowest BCUT2D eigenvalue weighted by Crippen LogP contribution is -2.28. The number of ketones is 1. The van der Waals surface area contributed by atoms with Gasteiger partial charge >= 0.3 is 6.09 Å². The average molecular weight is 516 g/mol. The predicted molar refractivity (Wildman–Crippen MR) is 145 cm³/mol. The number of methoxy groups -OCH3 is 3. The molecular weight excluding hydrogens is 486 g/mol. The number of H-pyrrole nitrogens is 1. The summed E-state index contributed by atoms with van der Waals surface area (Å²) in [5.74, 6) is 2.26. The number of Topliss-reactive ketones (excluding diaryl/α,β-unsaturated/α-hetero) is 1. The molecular formula is C29H29N3O6. The van der Waals surface area contributed by atoms with Crippen molar-refractivity contribution in [3.05, 3.63) is 54.3 Å². The van der Waals surface area contributed by atoms with Gasteiger partial charge in [-0.2, -0.15) is 0 Å². The van der Waals surface area contributed by atoms with E-state index in [1.54, 1.807) is 28.4 Å². The van der Waals surface area contributed by atoms with Crippen LogP contribution in [0.3, 0.4) is 0 Å². The van der Waals surface area contributed by atoms with Gasteiger partial charge in [0.2, 0.25) is 5.75 Å². The number of amides is 1. The molecule has 0 spiro atoms. The van der Waals surface area contributed by atoms with Crippen LogP contribution >= 0.6 is 0 Å². The fourth-order valence-electron chi connectivity index (χ4n) is 4.70. The van der Waals surface area contributed by atoms with Crippen LogP contribution in [-0.2, 0) is 9.53 Å². The molecule has 0 saturated heterocycles. The zero-order chi connectivity index (χ0) is 26.8. The second-order valence-electron chi connectivity index (χ2n) is 9.04. The second-order valence-corrected chi connectivity index (χ2v) is 9.04. The Kier molecular flexibility index (Phi) is 6.91. The van der Waals surface area contributed by atoms with Gasteiger partial charge in [0.05, 0.1) is 39.0 Å². The topological polar surface area (TPSA) is 103 Å². The summed E-state index contributed by atoms with van der Waals surface area (Å²) in [4.78, 5) is 34.9. The second kappa shape index (κ2) is 10.5. The number of allylic oxidation sites excluding steroid dienone is 2. The Bertz CT molecular complexity index is 1550. The SMILES string of the molecule is COc1cc(-c2nc(N(C)C(=O)OC3=CCCCC(=O)C3)cc3c2[nH]c2ccccc23)cc(OC)c1OC. The largest absolute Gasteiger partial charge is 0.493 e. The van der Waals surface area contributed by atoms with Crippen LogP contribution in [0.4, 0.5) is 10.6 Å². The van der Waals surface area contributed by atoms with Crippen molar-refractivity contribution in [3.8, 4) is 28.5 Å². The minimum absolute atomic E-state index is 0.0622. The van der Waals surface area contributed by atoms with Crippen molar-refractivity contribution in [1.29, 1.82) is 0 Å². The summed E-state index contributed by atoms with van der Waals surface area (Å²) >= 11 is 0. The van der Waals surface area contributed by atoms with E-state index in [-0.39, 0.29) is 12.2 Å². The Morgan fingerprint density at radius 2 is 1.74 bits per heavy atom. The molecule has 0 aliphatic heterocycles. The zero-order valence-electron chi connectivity index (χ0n) is 21.8. The molecule has 2 heterocycles. The fourth-order valence-corrected chi connectivity index (χ4v) is 4.70. The Labute approximate surface area is 220 Å². The third-order valence-electron chi connectivity index (χ3n) is 6.66. The number of hydrogen-bond acceptors (Lipinski definition) is 7. The summed E-state index contributed by atoms with van der Waals surface area (Å²) in [5.41, 5.74) is 3.03. The molecule has 0 radical (unpaired) electrons. The molecule has 0 bridgehead atoms. The van der Waals surface area contributed by atoms with Gasteiger partial charge in [0.15, 0.2) is 11.5 Å². The molecule has 0 unspecified atom stereocenters. The summed E-state index contributed by atoms with van der Waals surface area (Å²) in [5, 5.41) is 1.87. The molecule has 1 N–H and O–H groups in total. The van der Waals surface area contributed by atoms with Crippen LogP contribution in [0.2, 0.25) is 0 Å². The number of benzene rings is 2. The maximum atomic E-state index is 13.1. The van der Waals surface area contributed by atoms with Crippen LogP contribution in [0.25, 0.3) is 33.1 Å². The molecule has 1 aliphatic rings. The van der Waals surface area contributed by atoms with Crippen molar-refractivity contribution >= 4 is 39.5 Å². The molecule has 38 heavy (non-hydrogen) atoms. The Morgan fingerprint density at radius 3 is 2.45 bits per heavy atom. The minimum atomic E-state index is -0.617. The van der Waals surface area contributed by atoms with Gasteiger partial charge in [0, 0.05) is 35.3 Å². The summed E-state index contributed by atoms with van der Waals surface area (Å²) in [6, 6.07) is 13.4. The van der Waals surface area contributed by atoms with Gasteiger partial charge in [-0.05, 0) is 43.2 Å². The lowest BCUT2D eigenvalue weighted by molar-refractivity contribution is -0.118. The van der Waals surface area contributed by atoms with E-state index in [0.717, 1.165) is 28.2 Å². The van der Waals surface area contributed by atoms with Gasteiger partial charge in [-0.25, -0.2) is 9.78 Å². The summed E-state index contributed by atoms with van der Waals surface area (Å²) < 4.78 is 22.2. The number of pyridine rings is 1. The average Bonchev–Trinajstić information content (AvgIpc) is 3.19. The van der Waals surface area contributed by atoms with Gasteiger partial charge < -0.3 is 23.9 Å². The molecule has 0 atom stereocenters. The zero-order valence-corrected chi connectivity index (χ0v) is 21.8. The number of anilines is 1. The van der Waals surface area contributed by atoms with Gasteiger partial charge in [0.1, 0.15) is 17.4 Å². The number of nitrogens with one attached hydrogen (secondary N) is 1. The summed E-state index contributed by atoms with van der Waals surface area (Å²) in [7, 11) is 6.26. The number of para-hydroxylation sites is 1. The number of rotatable bonds is 6. The molecule has 2 aromatic carbocycles. The first-order chi connectivity index (χ1) is 18.4. The van der Waals surface area contributed by atoms with Crippen LogP contribution in [0.1, 0.15) is 25.7 Å². The van der Waals surface area contributed by atoms with Crippen molar-refractivity contribution in [2.45, 2.75) is 25.7 Å². The molecule has 0 saturated carbocycles. The van der Waals surface area contributed by atoms with E-state index in [4.69, 9.17) is 23.9 Å². The smallest absolute Gasteiger partial charge is 0.420 e. The fraction of sp³-hybridized carbons (Fsp3) is 0.276. The number of ether oxygens (including phenoxy) is 4. The van der Waals surface area contributed by atoms with Gasteiger partial charge in [-0.1, -0.05) is 18.2 Å².